The van der Waals surface area contributed by atoms with E-state index in [0.29, 0.717) is 5.92 Å². The molecule has 0 spiro atoms. The average Bonchev–Trinajstić information content (AvgIpc) is 2.16. The number of hydrogen-bond acceptors (Lipinski definition) is 2. The van der Waals surface area contributed by atoms with Crippen LogP contribution in [0.25, 0.3) is 0 Å². The quantitative estimate of drug-likeness (QED) is 0.610. The van der Waals surface area contributed by atoms with E-state index in [1.807, 2.05) is 0 Å². The topological polar surface area (TPSA) is 23.5 Å². The monoisotopic (exact) mass is 201 g/mol. The van der Waals surface area contributed by atoms with Crippen LogP contribution in [0.4, 0.5) is 0 Å². The second-order valence-electron chi connectivity index (χ2n) is 4.42. The third-order valence-corrected chi connectivity index (χ3v) is 2.94. The van der Waals surface area contributed by atoms with Crippen molar-refractivity contribution in [2.24, 2.45) is 5.92 Å². The lowest BCUT2D eigenvalue weighted by molar-refractivity contribution is 0.0772. The zero-order valence-corrected chi connectivity index (χ0v) is 10.3. The Morgan fingerprint density at radius 2 is 1.86 bits per heavy atom. The van der Waals surface area contributed by atoms with E-state index in [4.69, 9.17) is 0 Å². The molecule has 0 bridgehead atoms. The van der Waals surface area contributed by atoms with Crippen molar-refractivity contribution in [3.8, 4) is 0 Å². The summed E-state index contributed by atoms with van der Waals surface area (Å²) in [5.74, 6) is 0.420. The van der Waals surface area contributed by atoms with Gasteiger partial charge in [0.2, 0.25) is 0 Å². The Labute approximate surface area is 89.3 Å². The van der Waals surface area contributed by atoms with Crippen LogP contribution in [0, 0.1) is 5.92 Å². The van der Waals surface area contributed by atoms with Crippen molar-refractivity contribution in [1.82, 2.24) is 4.90 Å². The zero-order valence-electron chi connectivity index (χ0n) is 10.3. The Hall–Kier alpha value is -0.0800. The molecule has 0 saturated heterocycles. The molecule has 0 aliphatic carbocycles. The maximum absolute atomic E-state index is 9.80. The van der Waals surface area contributed by atoms with E-state index < -0.39 is 0 Å². The molecule has 2 atom stereocenters. The molecule has 0 fully saturated rings. The van der Waals surface area contributed by atoms with Crippen molar-refractivity contribution in [3.05, 3.63) is 0 Å². The van der Waals surface area contributed by atoms with E-state index in [9.17, 15) is 5.11 Å². The van der Waals surface area contributed by atoms with E-state index in [-0.39, 0.29) is 6.10 Å². The average molecular weight is 201 g/mol. The van der Waals surface area contributed by atoms with Gasteiger partial charge in [-0.05, 0) is 25.9 Å². The number of aliphatic hydroxyl groups is 1. The normalized spacial score (nSPS) is 15.9. The Balaban J connectivity index is 3.54. The van der Waals surface area contributed by atoms with Gasteiger partial charge in [-0.25, -0.2) is 0 Å². The highest BCUT2D eigenvalue weighted by molar-refractivity contribution is 4.66. The molecular formula is C12H27NO. The summed E-state index contributed by atoms with van der Waals surface area (Å²) in [5, 5.41) is 9.80. The van der Waals surface area contributed by atoms with Crippen molar-refractivity contribution in [1.29, 1.82) is 0 Å². The maximum atomic E-state index is 9.80. The number of aliphatic hydroxyl groups excluding tert-OH is 1. The minimum atomic E-state index is -0.161. The molecule has 2 unspecified atom stereocenters. The van der Waals surface area contributed by atoms with E-state index in [1.54, 1.807) is 0 Å². The summed E-state index contributed by atoms with van der Waals surface area (Å²) in [6, 6.07) is 0. The van der Waals surface area contributed by atoms with E-state index in [0.717, 1.165) is 19.5 Å². The first-order chi connectivity index (χ1) is 6.61. The first-order valence-electron chi connectivity index (χ1n) is 5.98. The van der Waals surface area contributed by atoms with E-state index in [1.165, 1.54) is 19.3 Å². The van der Waals surface area contributed by atoms with Crippen LogP contribution in [0.5, 0.6) is 0 Å². The lowest BCUT2D eigenvalue weighted by atomic mass is 10.0. The molecule has 0 aromatic carbocycles. The predicted molar refractivity (Wildman–Crippen MR) is 62.5 cm³/mol. The largest absolute Gasteiger partial charge is 0.392 e. The van der Waals surface area contributed by atoms with Gasteiger partial charge < -0.3 is 10.0 Å². The number of nitrogens with zero attached hydrogens (tertiary/aromatic N) is 1. The molecule has 14 heavy (non-hydrogen) atoms. The molecule has 1 N–H and O–H groups in total. The molecule has 0 heterocycles. The summed E-state index contributed by atoms with van der Waals surface area (Å²) in [4.78, 5) is 2.24. The summed E-state index contributed by atoms with van der Waals surface area (Å²) in [6.45, 7) is 8.39. The fourth-order valence-electron chi connectivity index (χ4n) is 1.49. The Morgan fingerprint density at radius 1 is 1.21 bits per heavy atom. The molecule has 2 heteroatoms. The zero-order chi connectivity index (χ0) is 11.0. The fourth-order valence-corrected chi connectivity index (χ4v) is 1.49. The molecule has 0 aliphatic rings. The molecule has 0 aliphatic heterocycles. The summed E-state index contributed by atoms with van der Waals surface area (Å²) < 4.78 is 0. The van der Waals surface area contributed by atoms with Gasteiger partial charge in [-0.1, -0.05) is 40.0 Å². The van der Waals surface area contributed by atoms with Gasteiger partial charge in [0.25, 0.3) is 0 Å². The van der Waals surface area contributed by atoms with Crippen molar-refractivity contribution in [3.63, 3.8) is 0 Å². The smallest absolute Gasteiger partial charge is 0.0692 e. The molecule has 0 amide bonds. The third-order valence-electron chi connectivity index (χ3n) is 2.94. The summed E-state index contributed by atoms with van der Waals surface area (Å²) in [7, 11) is 2.10. The first-order valence-corrected chi connectivity index (χ1v) is 5.98. The fraction of sp³-hybridized carbons (Fsp3) is 1.00. The molecule has 0 aromatic heterocycles. The van der Waals surface area contributed by atoms with Gasteiger partial charge in [0, 0.05) is 6.54 Å². The van der Waals surface area contributed by atoms with E-state index in [2.05, 4.69) is 32.7 Å². The minimum absolute atomic E-state index is 0.161. The second-order valence-corrected chi connectivity index (χ2v) is 4.42. The highest BCUT2D eigenvalue weighted by Gasteiger charge is 2.13. The van der Waals surface area contributed by atoms with Gasteiger partial charge in [0.1, 0.15) is 0 Å². The Bertz CT molecular complexity index is 127. The van der Waals surface area contributed by atoms with Gasteiger partial charge in [-0.3, -0.25) is 0 Å². The molecular weight excluding hydrogens is 174 g/mol. The maximum Gasteiger partial charge on any atom is 0.0692 e. The lowest BCUT2D eigenvalue weighted by Crippen LogP contribution is -2.33. The van der Waals surface area contributed by atoms with Gasteiger partial charge in [-0.2, -0.15) is 0 Å². The Kier molecular flexibility index (Phi) is 8.20. The number of hydrogen-bond donors (Lipinski definition) is 1. The Morgan fingerprint density at radius 3 is 2.36 bits per heavy atom. The molecule has 2 nitrogen and oxygen atoms in total. The lowest BCUT2D eigenvalue weighted by Gasteiger charge is -2.23. The van der Waals surface area contributed by atoms with Crippen molar-refractivity contribution in [2.75, 3.05) is 20.1 Å². The summed E-state index contributed by atoms with van der Waals surface area (Å²) >= 11 is 0. The van der Waals surface area contributed by atoms with Gasteiger partial charge >= 0.3 is 0 Å². The third kappa shape index (κ3) is 6.39. The molecule has 0 saturated carbocycles. The highest BCUT2D eigenvalue weighted by Crippen LogP contribution is 2.08. The number of unbranched alkanes of at least 4 members (excludes halogenated alkanes) is 2. The van der Waals surface area contributed by atoms with Crippen molar-refractivity contribution >= 4 is 0 Å². The molecule has 0 radical (unpaired) electrons. The van der Waals surface area contributed by atoms with Crippen LogP contribution in [-0.2, 0) is 0 Å². The molecule has 86 valence electrons. The molecule has 0 aromatic rings. The van der Waals surface area contributed by atoms with Crippen molar-refractivity contribution in [2.45, 2.75) is 52.6 Å². The molecule has 0 rings (SSSR count). The first kappa shape index (κ1) is 13.9. The van der Waals surface area contributed by atoms with Gasteiger partial charge in [0.05, 0.1) is 6.10 Å². The van der Waals surface area contributed by atoms with Crippen LogP contribution in [0.3, 0.4) is 0 Å². The van der Waals surface area contributed by atoms with Crippen LogP contribution >= 0.6 is 0 Å². The highest BCUT2D eigenvalue weighted by atomic mass is 16.3. The summed E-state index contributed by atoms with van der Waals surface area (Å²) in [5.41, 5.74) is 0. The van der Waals surface area contributed by atoms with Gasteiger partial charge in [-0.15, -0.1) is 0 Å². The van der Waals surface area contributed by atoms with Gasteiger partial charge in [0.15, 0.2) is 0 Å². The van der Waals surface area contributed by atoms with Crippen LogP contribution in [-0.4, -0.2) is 36.2 Å². The van der Waals surface area contributed by atoms with Crippen LogP contribution in [0.15, 0.2) is 0 Å². The van der Waals surface area contributed by atoms with Crippen molar-refractivity contribution < 1.29 is 5.11 Å². The van der Waals surface area contributed by atoms with Crippen LogP contribution in [0.1, 0.15) is 46.5 Å². The minimum Gasteiger partial charge on any atom is -0.392 e. The number of likely N-dealkylation sites (N-methyl/N-ethyl adjacent to an activating group) is 1. The summed E-state index contributed by atoms with van der Waals surface area (Å²) in [6.07, 6.45) is 4.71. The standard InChI is InChI=1S/C12H27NO/c1-5-7-8-9-13(4)10-12(14)11(3)6-2/h11-12,14H,5-10H2,1-4H3. The van der Waals surface area contributed by atoms with E-state index >= 15 is 0 Å². The number of rotatable bonds is 8. The van der Waals surface area contributed by atoms with Crippen LogP contribution < -0.4 is 0 Å². The SMILES string of the molecule is CCCCCN(C)CC(O)C(C)CC. The second kappa shape index (κ2) is 8.25. The van der Waals surface area contributed by atoms with Crippen LogP contribution in [0.2, 0.25) is 0 Å². The predicted octanol–water partition coefficient (Wildman–Crippen LogP) is 2.52.